The van der Waals surface area contributed by atoms with Crippen molar-refractivity contribution in [3.63, 3.8) is 0 Å². The molecule has 0 radical (unpaired) electrons. The zero-order valence-corrected chi connectivity index (χ0v) is 12.0. The van der Waals surface area contributed by atoms with Crippen molar-refractivity contribution >= 4 is 5.91 Å². The molecule has 0 aromatic heterocycles. The Morgan fingerprint density at radius 2 is 1.95 bits per heavy atom. The maximum atomic E-state index is 11.8. The SMILES string of the molecule is CCN(CCNC(=O)C(O)c1ccccc1)C(C)C. The second-order valence-electron chi connectivity index (χ2n) is 4.83. The maximum Gasteiger partial charge on any atom is 0.253 e. The van der Waals surface area contributed by atoms with Crippen LogP contribution in [0.4, 0.5) is 0 Å². The summed E-state index contributed by atoms with van der Waals surface area (Å²) in [5.74, 6) is -0.342. The first-order valence-corrected chi connectivity index (χ1v) is 6.81. The summed E-state index contributed by atoms with van der Waals surface area (Å²) in [7, 11) is 0. The second-order valence-corrected chi connectivity index (χ2v) is 4.83. The Balaban J connectivity index is 2.39. The molecular formula is C15H24N2O2. The van der Waals surface area contributed by atoms with Gasteiger partial charge in [0.05, 0.1) is 0 Å². The fourth-order valence-corrected chi connectivity index (χ4v) is 1.99. The van der Waals surface area contributed by atoms with Gasteiger partial charge in [0.2, 0.25) is 0 Å². The molecule has 0 bridgehead atoms. The van der Waals surface area contributed by atoms with E-state index in [1.54, 1.807) is 12.1 Å². The van der Waals surface area contributed by atoms with Gasteiger partial charge in [-0.15, -0.1) is 0 Å². The first-order chi connectivity index (χ1) is 9.06. The maximum absolute atomic E-state index is 11.8. The minimum absolute atomic E-state index is 0.342. The zero-order valence-electron chi connectivity index (χ0n) is 12.0. The summed E-state index contributed by atoms with van der Waals surface area (Å²) in [5.41, 5.74) is 0.621. The number of carbonyl (C=O) groups excluding carboxylic acids is 1. The fourth-order valence-electron chi connectivity index (χ4n) is 1.99. The summed E-state index contributed by atoms with van der Waals surface area (Å²) in [6.07, 6.45) is -1.09. The molecule has 1 amide bonds. The molecule has 0 fully saturated rings. The van der Waals surface area contributed by atoms with Crippen molar-refractivity contribution in [1.82, 2.24) is 10.2 Å². The molecule has 1 unspecified atom stereocenters. The minimum atomic E-state index is -1.09. The molecule has 0 aliphatic carbocycles. The van der Waals surface area contributed by atoms with Gasteiger partial charge < -0.3 is 10.4 Å². The van der Waals surface area contributed by atoms with E-state index in [1.165, 1.54) is 0 Å². The Hall–Kier alpha value is -1.39. The zero-order chi connectivity index (χ0) is 14.3. The van der Waals surface area contributed by atoms with E-state index in [1.807, 2.05) is 18.2 Å². The highest BCUT2D eigenvalue weighted by molar-refractivity contribution is 5.81. The Morgan fingerprint density at radius 3 is 2.47 bits per heavy atom. The number of carbonyl (C=O) groups is 1. The van der Waals surface area contributed by atoms with Gasteiger partial charge >= 0.3 is 0 Å². The minimum Gasteiger partial charge on any atom is -0.378 e. The fraction of sp³-hybridized carbons (Fsp3) is 0.533. The Labute approximate surface area is 115 Å². The number of amides is 1. The van der Waals surface area contributed by atoms with Crippen LogP contribution in [0.15, 0.2) is 30.3 Å². The number of nitrogens with one attached hydrogen (secondary N) is 1. The third kappa shape index (κ3) is 5.01. The van der Waals surface area contributed by atoms with E-state index in [9.17, 15) is 9.90 Å². The van der Waals surface area contributed by atoms with Crippen LogP contribution >= 0.6 is 0 Å². The van der Waals surface area contributed by atoms with Gasteiger partial charge in [0.15, 0.2) is 6.10 Å². The van der Waals surface area contributed by atoms with Crippen molar-refractivity contribution in [3.8, 4) is 0 Å². The molecular weight excluding hydrogens is 240 g/mol. The molecule has 1 atom stereocenters. The molecule has 0 aliphatic rings. The molecule has 0 saturated heterocycles. The van der Waals surface area contributed by atoms with E-state index in [4.69, 9.17) is 0 Å². The number of aliphatic hydroxyl groups is 1. The van der Waals surface area contributed by atoms with Gasteiger partial charge in [-0.2, -0.15) is 0 Å². The number of benzene rings is 1. The Kier molecular flexibility index (Phi) is 6.53. The average molecular weight is 264 g/mol. The van der Waals surface area contributed by atoms with Crippen molar-refractivity contribution in [1.29, 1.82) is 0 Å². The highest BCUT2D eigenvalue weighted by atomic mass is 16.3. The van der Waals surface area contributed by atoms with Crippen LogP contribution in [0.1, 0.15) is 32.4 Å². The average Bonchev–Trinajstić information content (AvgIpc) is 2.43. The smallest absolute Gasteiger partial charge is 0.253 e. The summed E-state index contributed by atoms with van der Waals surface area (Å²) < 4.78 is 0. The van der Waals surface area contributed by atoms with Gasteiger partial charge in [0, 0.05) is 19.1 Å². The number of nitrogens with zero attached hydrogens (tertiary/aromatic N) is 1. The van der Waals surface area contributed by atoms with E-state index in [0.29, 0.717) is 18.2 Å². The third-order valence-corrected chi connectivity index (χ3v) is 3.20. The summed E-state index contributed by atoms with van der Waals surface area (Å²) in [6.45, 7) is 8.65. The Morgan fingerprint density at radius 1 is 1.32 bits per heavy atom. The molecule has 0 saturated carbocycles. The lowest BCUT2D eigenvalue weighted by Crippen LogP contribution is -2.39. The number of aliphatic hydroxyl groups excluding tert-OH is 1. The Bertz CT molecular complexity index is 379. The molecule has 2 N–H and O–H groups in total. The van der Waals surface area contributed by atoms with Gasteiger partial charge in [0.25, 0.3) is 5.91 Å². The van der Waals surface area contributed by atoms with E-state index in [0.717, 1.165) is 13.1 Å². The van der Waals surface area contributed by atoms with Crippen molar-refractivity contribution in [2.45, 2.75) is 32.9 Å². The van der Waals surface area contributed by atoms with Gasteiger partial charge in [-0.05, 0) is 26.0 Å². The first kappa shape index (κ1) is 15.7. The number of hydrogen-bond donors (Lipinski definition) is 2. The molecule has 1 aromatic carbocycles. The van der Waals surface area contributed by atoms with Crippen molar-refractivity contribution in [2.75, 3.05) is 19.6 Å². The van der Waals surface area contributed by atoms with Crippen LogP contribution in [0.25, 0.3) is 0 Å². The number of hydrogen-bond acceptors (Lipinski definition) is 3. The summed E-state index contributed by atoms with van der Waals surface area (Å²) in [4.78, 5) is 14.1. The molecule has 0 aliphatic heterocycles. The lowest BCUT2D eigenvalue weighted by Gasteiger charge is -2.24. The van der Waals surface area contributed by atoms with Crippen molar-refractivity contribution in [3.05, 3.63) is 35.9 Å². The van der Waals surface area contributed by atoms with Crippen LogP contribution in [-0.2, 0) is 4.79 Å². The predicted octanol–water partition coefficient (Wildman–Crippen LogP) is 1.57. The van der Waals surface area contributed by atoms with Crippen molar-refractivity contribution < 1.29 is 9.90 Å². The monoisotopic (exact) mass is 264 g/mol. The predicted molar refractivity (Wildman–Crippen MR) is 76.8 cm³/mol. The lowest BCUT2D eigenvalue weighted by molar-refractivity contribution is -0.129. The summed E-state index contributed by atoms with van der Waals surface area (Å²) in [5, 5.41) is 12.7. The van der Waals surface area contributed by atoms with Crippen LogP contribution in [0.2, 0.25) is 0 Å². The lowest BCUT2D eigenvalue weighted by atomic mass is 10.1. The molecule has 1 rings (SSSR count). The quantitative estimate of drug-likeness (QED) is 0.786. The highest BCUT2D eigenvalue weighted by Crippen LogP contribution is 2.11. The summed E-state index contributed by atoms with van der Waals surface area (Å²) in [6, 6.07) is 9.43. The van der Waals surface area contributed by atoms with Crippen LogP contribution in [-0.4, -0.2) is 41.6 Å². The normalized spacial score (nSPS) is 12.7. The molecule has 4 heteroatoms. The number of rotatable bonds is 7. The van der Waals surface area contributed by atoms with Crippen LogP contribution < -0.4 is 5.32 Å². The highest BCUT2D eigenvalue weighted by Gasteiger charge is 2.16. The molecule has 0 spiro atoms. The van der Waals surface area contributed by atoms with E-state index in [-0.39, 0.29) is 5.91 Å². The largest absolute Gasteiger partial charge is 0.378 e. The van der Waals surface area contributed by atoms with Gasteiger partial charge in [-0.25, -0.2) is 0 Å². The second kappa shape index (κ2) is 7.92. The van der Waals surface area contributed by atoms with Crippen LogP contribution in [0.5, 0.6) is 0 Å². The number of likely N-dealkylation sites (N-methyl/N-ethyl adjacent to an activating group) is 1. The van der Waals surface area contributed by atoms with E-state index in [2.05, 4.69) is 31.0 Å². The first-order valence-electron chi connectivity index (χ1n) is 6.81. The van der Waals surface area contributed by atoms with Gasteiger partial charge in [-0.3, -0.25) is 9.69 Å². The van der Waals surface area contributed by atoms with Gasteiger partial charge in [0.1, 0.15) is 0 Å². The van der Waals surface area contributed by atoms with E-state index < -0.39 is 6.10 Å². The van der Waals surface area contributed by atoms with Crippen LogP contribution in [0.3, 0.4) is 0 Å². The molecule has 19 heavy (non-hydrogen) atoms. The molecule has 1 aromatic rings. The van der Waals surface area contributed by atoms with Gasteiger partial charge in [-0.1, -0.05) is 37.3 Å². The topological polar surface area (TPSA) is 52.6 Å². The van der Waals surface area contributed by atoms with Crippen molar-refractivity contribution in [2.24, 2.45) is 0 Å². The summed E-state index contributed by atoms with van der Waals surface area (Å²) >= 11 is 0. The third-order valence-electron chi connectivity index (χ3n) is 3.20. The van der Waals surface area contributed by atoms with Crippen LogP contribution in [0, 0.1) is 0 Å². The van der Waals surface area contributed by atoms with E-state index >= 15 is 0 Å². The molecule has 0 heterocycles. The molecule has 106 valence electrons. The molecule has 4 nitrogen and oxygen atoms in total. The standard InChI is InChI=1S/C15H24N2O2/c1-4-17(12(2)3)11-10-16-15(19)14(18)13-8-6-5-7-9-13/h5-9,12,14,18H,4,10-11H2,1-3H3,(H,16,19).